The van der Waals surface area contributed by atoms with E-state index < -0.39 is 0 Å². The van der Waals surface area contributed by atoms with E-state index >= 15 is 0 Å². The molecule has 0 radical (unpaired) electrons. The fourth-order valence-corrected chi connectivity index (χ4v) is 3.22. The number of rotatable bonds is 5. The van der Waals surface area contributed by atoms with Crippen molar-refractivity contribution in [2.75, 3.05) is 0 Å². The second-order valence-electron chi connectivity index (χ2n) is 5.77. The summed E-state index contributed by atoms with van der Waals surface area (Å²) in [5.41, 5.74) is 6.37. The van der Waals surface area contributed by atoms with Crippen LogP contribution < -0.4 is 0 Å². The Kier molecular flexibility index (Phi) is 4.82. The third-order valence-electron chi connectivity index (χ3n) is 3.99. The zero-order valence-electron chi connectivity index (χ0n) is 13.7. The standard InChI is InChI=1S/C19H20N2OS/c1-13-8-9-16(10-15(13)3)11-18-20-21-19(22-18)23-12-17-7-5-4-6-14(17)2/h4-10H,11-12H2,1-3H3. The van der Waals surface area contributed by atoms with E-state index in [0.717, 1.165) is 5.75 Å². The molecule has 3 aromatic rings. The molecule has 0 atom stereocenters. The number of thioether (sulfide) groups is 1. The van der Waals surface area contributed by atoms with E-state index in [0.29, 0.717) is 17.5 Å². The highest BCUT2D eigenvalue weighted by molar-refractivity contribution is 7.98. The van der Waals surface area contributed by atoms with Gasteiger partial charge < -0.3 is 4.42 Å². The van der Waals surface area contributed by atoms with Crippen LogP contribution in [0.5, 0.6) is 0 Å². The molecule has 0 aliphatic rings. The molecule has 3 nitrogen and oxygen atoms in total. The van der Waals surface area contributed by atoms with Gasteiger partial charge in [0.2, 0.25) is 5.89 Å². The normalized spacial score (nSPS) is 10.9. The van der Waals surface area contributed by atoms with E-state index in [1.165, 1.54) is 27.8 Å². The molecule has 0 N–H and O–H groups in total. The average Bonchev–Trinajstić information content (AvgIpc) is 2.98. The number of aromatic nitrogens is 2. The van der Waals surface area contributed by atoms with Gasteiger partial charge in [0.15, 0.2) is 0 Å². The fraction of sp³-hybridized carbons (Fsp3) is 0.263. The summed E-state index contributed by atoms with van der Waals surface area (Å²) in [6, 6.07) is 14.8. The van der Waals surface area contributed by atoms with Crippen molar-refractivity contribution in [3.05, 3.63) is 76.2 Å². The van der Waals surface area contributed by atoms with E-state index in [1.54, 1.807) is 11.8 Å². The maximum atomic E-state index is 5.76. The van der Waals surface area contributed by atoms with Crippen LogP contribution in [0.25, 0.3) is 0 Å². The smallest absolute Gasteiger partial charge is 0.276 e. The Bertz CT molecular complexity index is 811. The second-order valence-corrected chi connectivity index (χ2v) is 6.70. The van der Waals surface area contributed by atoms with Gasteiger partial charge in [-0.3, -0.25) is 0 Å². The van der Waals surface area contributed by atoms with Crippen molar-refractivity contribution in [3.8, 4) is 0 Å². The predicted molar refractivity (Wildman–Crippen MR) is 93.8 cm³/mol. The van der Waals surface area contributed by atoms with Crippen LogP contribution in [0.4, 0.5) is 0 Å². The Morgan fingerprint density at radius 2 is 1.74 bits per heavy atom. The molecule has 1 heterocycles. The van der Waals surface area contributed by atoms with Gasteiger partial charge in [0.1, 0.15) is 0 Å². The van der Waals surface area contributed by atoms with Gasteiger partial charge in [-0.1, -0.05) is 54.2 Å². The second kappa shape index (κ2) is 7.01. The molecule has 0 aliphatic heterocycles. The first-order chi connectivity index (χ1) is 11.1. The maximum Gasteiger partial charge on any atom is 0.276 e. The molecule has 0 spiro atoms. The first-order valence-electron chi connectivity index (χ1n) is 7.67. The molecule has 4 heteroatoms. The van der Waals surface area contributed by atoms with Gasteiger partial charge in [-0.05, 0) is 48.6 Å². The summed E-state index contributed by atoms with van der Waals surface area (Å²) in [6.45, 7) is 6.36. The highest BCUT2D eigenvalue weighted by Gasteiger charge is 2.09. The minimum atomic E-state index is 0.632. The van der Waals surface area contributed by atoms with E-state index in [2.05, 4.69) is 73.4 Å². The van der Waals surface area contributed by atoms with Gasteiger partial charge >= 0.3 is 0 Å². The SMILES string of the molecule is Cc1ccc(Cc2nnc(SCc3ccccc3C)o2)cc1C. The lowest BCUT2D eigenvalue weighted by atomic mass is 10.0. The van der Waals surface area contributed by atoms with Gasteiger partial charge in [-0.25, -0.2) is 0 Å². The number of benzene rings is 2. The predicted octanol–water partition coefficient (Wildman–Crippen LogP) is 4.88. The van der Waals surface area contributed by atoms with Crippen LogP contribution in [0.15, 0.2) is 52.1 Å². The lowest BCUT2D eigenvalue weighted by Gasteiger charge is -2.03. The zero-order valence-corrected chi connectivity index (χ0v) is 14.5. The number of aryl methyl sites for hydroxylation is 3. The van der Waals surface area contributed by atoms with Gasteiger partial charge in [0.05, 0.1) is 6.42 Å². The summed E-state index contributed by atoms with van der Waals surface area (Å²) in [5, 5.41) is 8.94. The highest BCUT2D eigenvalue weighted by Crippen LogP contribution is 2.24. The van der Waals surface area contributed by atoms with E-state index in [9.17, 15) is 0 Å². The Balaban J connectivity index is 1.64. The lowest BCUT2D eigenvalue weighted by molar-refractivity contribution is 0.420. The molecular formula is C19H20N2OS. The van der Waals surface area contributed by atoms with Gasteiger partial charge in [0, 0.05) is 5.75 Å². The number of nitrogens with zero attached hydrogens (tertiary/aromatic N) is 2. The summed E-state index contributed by atoms with van der Waals surface area (Å²) in [6.07, 6.45) is 0.680. The number of hydrogen-bond donors (Lipinski definition) is 0. The van der Waals surface area contributed by atoms with Gasteiger partial charge in [0.25, 0.3) is 5.22 Å². The maximum absolute atomic E-state index is 5.76. The molecule has 0 aliphatic carbocycles. The molecule has 3 rings (SSSR count). The highest BCUT2D eigenvalue weighted by atomic mass is 32.2. The minimum Gasteiger partial charge on any atom is -0.416 e. The first kappa shape index (κ1) is 15.8. The summed E-state index contributed by atoms with van der Waals surface area (Å²) in [5.74, 6) is 1.51. The average molecular weight is 324 g/mol. The zero-order chi connectivity index (χ0) is 16.2. The van der Waals surface area contributed by atoms with Crippen LogP contribution in [0, 0.1) is 20.8 Å². The first-order valence-corrected chi connectivity index (χ1v) is 8.66. The molecule has 118 valence electrons. The Morgan fingerprint density at radius 1 is 0.913 bits per heavy atom. The van der Waals surface area contributed by atoms with Crippen LogP contribution in [0.2, 0.25) is 0 Å². The van der Waals surface area contributed by atoms with Crippen molar-refractivity contribution >= 4 is 11.8 Å². The molecule has 0 bridgehead atoms. The van der Waals surface area contributed by atoms with E-state index in [4.69, 9.17) is 4.42 Å². The van der Waals surface area contributed by atoms with Crippen LogP contribution in [-0.4, -0.2) is 10.2 Å². The van der Waals surface area contributed by atoms with Crippen molar-refractivity contribution in [2.24, 2.45) is 0 Å². The van der Waals surface area contributed by atoms with Crippen LogP contribution >= 0.6 is 11.8 Å². The molecule has 0 saturated carbocycles. The topological polar surface area (TPSA) is 38.9 Å². The monoisotopic (exact) mass is 324 g/mol. The molecule has 0 fully saturated rings. The van der Waals surface area contributed by atoms with Crippen LogP contribution in [-0.2, 0) is 12.2 Å². The molecule has 0 saturated heterocycles. The molecule has 0 amide bonds. The Hall–Kier alpha value is -2.07. The number of hydrogen-bond acceptors (Lipinski definition) is 4. The quantitative estimate of drug-likeness (QED) is 0.627. The summed E-state index contributed by atoms with van der Waals surface area (Å²) >= 11 is 1.58. The minimum absolute atomic E-state index is 0.632. The van der Waals surface area contributed by atoms with Crippen molar-refractivity contribution in [1.29, 1.82) is 0 Å². The Morgan fingerprint density at radius 3 is 2.52 bits per heavy atom. The molecule has 0 unspecified atom stereocenters. The van der Waals surface area contributed by atoms with Crippen molar-refractivity contribution in [1.82, 2.24) is 10.2 Å². The van der Waals surface area contributed by atoms with Gasteiger partial charge in [-0.2, -0.15) is 0 Å². The van der Waals surface area contributed by atoms with Crippen LogP contribution in [0.1, 0.15) is 33.7 Å². The lowest BCUT2D eigenvalue weighted by Crippen LogP contribution is -1.90. The molecular weight excluding hydrogens is 304 g/mol. The van der Waals surface area contributed by atoms with E-state index in [-0.39, 0.29) is 0 Å². The van der Waals surface area contributed by atoms with Crippen molar-refractivity contribution in [3.63, 3.8) is 0 Å². The third-order valence-corrected chi connectivity index (χ3v) is 4.85. The molecule has 23 heavy (non-hydrogen) atoms. The van der Waals surface area contributed by atoms with Crippen LogP contribution in [0.3, 0.4) is 0 Å². The molecule has 2 aromatic carbocycles. The van der Waals surface area contributed by atoms with Crippen molar-refractivity contribution < 1.29 is 4.42 Å². The summed E-state index contributed by atoms with van der Waals surface area (Å²) in [4.78, 5) is 0. The summed E-state index contributed by atoms with van der Waals surface area (Å²) in [7, 11) is 0. The Labute approximate surface area is 141 Å². The fourth-order valence-electron chi connectivity index (χ4n) is 2.37. The largest absolute Gasteiger partial charge is 0.416 e. The van der Waals surface area contributed by atoms with Crippen molar-refractivity contribution in [2.45, 2.75) is 38.2 Å². The summed E-state index contributed by atoms with van der Waals surface area (Å²) < 4.78 is 5.76. The van der Waals surface area contributed by atoms with E-state index in [1.807, 2.05) is 0 Å². The molecule has 1 aromatic heterocycles. The third kappa shape index (κ3) is 4.02. The van der Waals surface area contributed by atoms with Gasteiger partial charge in [-0.15, -0.1) is 10.2 Å².